The first kappa shape index (κ1) is 11.2. The number of hydrogen-bond acceptors (Lipinski definition) is 3. The lowest BCUT2D eigenvalue weighted by molar-refractivity contribution is 0.194. The van der Waals surface area contributed by atoms with Gasteiger partial charge in [0.25, 0.3) is 0 Å². The number of epoxide rings is 1. The van der Waals surface area contributed by atoms with E-state index in [0.29, 0.717) is 6.10 Å². The second kappa shape index (κ2) is 5.10. The van der Waals surface area contributed by atoms with E-state index in [9.17, 15) is 0 Å². The van der Waals surface area contributed by atoms with Crippen LogP contribution in [0, 0.1) is 0 Å². The van der Waals surface area contributed by atoms with Crippen LogP contribution in [-0.4, -0.2) is 35.0 Å². The van der Waals surface area contributed by atoms with Crippen LogP contribution in [0.3, 0.4) is 0 Å². The molecule has 78 valence electrons. The van der Waals surface area contributed by atoms with Gasteiger partial charge in [0.1, 0.15) is 0 Å². The molecular formula is C9H20O3Si. The van der Waals surface area contributed by atoms with E-state index in [1.54, 1.807) is 7.11 Å². The molecule has 2 unspecified atom stereocenters. The van der Waals surface area contributed by atoms with Crippen molar-refractivity contribution in [3.63, 3.8) is 0 Å². The summed E-state index contributed by atoms with van der Waals surface area (Å²) in [7, 11) is -0.0586. The molecule has 0 aromatic rings. The zero-order chi connectivity index (χ0) is 9.73. The van der Waals surface area contributed by atoms with Crippen molar-refractivity contribution in [1.82, 2.24) is 0 Å². The molecule has 1 aliphatic heterocycles. The highest BCUT2D eigenvalue weighted by Gasteiger charge is 2.30. The van der Waals surface area contributed by atoms with E-state index in [1.165, 1.54) is 0 Å². The van der Waals surface area contributed by atoms with E-state index in [4.69, 9.17) is 13.6 Å². The van der Waals surface area contributed by atoms with Gasteiger partial charge in [0.15, 0.2) is 0 Å². The first-order chi connectivity index (χ1) is 6.20. The van der Waals surface area contributed by atoms with Gasteiger partial charge in [-0.1, -0.05) is 13.3 Å². The standard InChI is InChI=1S/C9H20O3Si/c1-4-7-13(3,10-2)12-6-5-9-8-11-9/h9H,4-8H2,1-3H3. The fraction of sp³-hybridized carbons (Fsp3) is 1.00. The minimum Gasteiger partial charge on any atom is -0.398 e. The Morgan fingerprint density at radius 2 is 2.23 bits per heavy atom. The minimum atomic E-state index is -1.82. The third-order valence-electron chi connectivity index (χ3n) is 2.39. The Hall–Kier alpha value is 0.0969. The Bertz CT molecular complexity index is 150. The molecule has 1 fully saturated rings. The van der Waals surface area contributed by atoms with Gasteiger partial charge in [0, 0.05) is 13.7 Å². The molecule has 13 heavy (non-hydrogen) atoms. The highest BCUT2D eigenvalue weighted by molar-refractivity contribution is 6.65. The van der Waals surface area contributed by atoms with Gasteiger partial charge in [0.2, 0.25) is 0 Å². The van der Waals surface area contributed by atoms with Crippen LogP contribution in [-0.2, 0) is 13.6 Å². The Morgan fingerprint density at radius 3 is 2.69 bits per heavy atom. The summed E-state index contributed by atoms with van der Waals surface area (Å²) >= 11 is 0. The lowest BCUT2D eigenvalue weighted by atomic mass is 10.4. The van der Waals surface area contributed by atoms with Gasteiger partial charge in [-0.2, -0.15) is 0 Å². The van der Waals surface area contributed by atoms with Gasteiger partial charge in [-0.05, 0) is 19.0 Å². The van der Waals surface area contributed by atoms with Gasteiger partial charge in [-0.25, -0.2) is 0 Å². The van der Waals surface area contributed by atoms with E-state index >= 15 is 0 Å². The molecule has 0 aliphatic carbocycles. The third kappa shape index (κ3) is 4.22. The quantitative estimate of drug-likeness (QED) is 0.469. The Labute approximate surface area is 81.6 Å². The largest absolute Gasteiger partial charge is 0.398 e. The van der Waals surface area contributed by atoms with Crippen molar-refractivity contribution in [3.05, 3.63) is 0 Å². The van der Waals surface area contributed by atoms with Crippen LogP contribution >= 0.6 is 0 Å². The predicted molar refractivity (Wildman–Crippen MR) is 54.0 cm³/mol. The van der Waals surface area contributed by atoms with E-state index < -0.39 is 8.56 Å². The van der Waals surface area contributed by atoms with Crippen LogP contribution in [0.2, 0.25) is 12.6 Å². The molecule has 4 heteroatoms. The topological polar surface area (TPSA) is 31.0 Å². The first-order valence-electron chi connectivity index (χ1n) is 5.01. The molecule has 0 spiro atoms. The van der Waals surface area contributed by atoms with Gasteiger partial charge >= 0.3 is 8.56 Å². The smallest absolute Gasteiger partial charge is 0.334 e. The SMILES string of the molecule is CCC[Si](C)(OC)OCCC1CO1. The average molecular weight is 204 g/mol. The third-order valence-corrected chi connectivity index (χ3v) is 5.47. The second-order valence-electron chi connectivity index (χ2n) is 3.68. The lowest BCUT2D eigenvalue weighted by Gasteiger charge is -2.24. The maximum atomic E-state index is 5.81. The summed E-state index contributed by atoms with van der Waals surface area (Å²) in [5, 5.41) is 0. The van der Waals surface area contributed by atoms with Gasteiger partial charge in [-0.15, -0.1) is 0 Å². The summed E-state index contributed by atoms with van der Waals surface area (Å²) in [6, 6.07) is 1.08. The zero-order valence-corrected chi connectivity index (χ0v) is 9.84. The van der Waals surface area contributed by atoms with Crippen molar-refractivity contribution in [2.24, 2.45) is 0 Å². The molecule has 0 amide bonds. The molecule has 1 aliphatic rings. The highest BCUT2D eigenvalue weighted by Crippen LogP contribution is 2.18. The normalized spacial score (nSPS) is 25.6. The van der Waals surface area contributed by atoms with Crippen LogP contribution in [0.5, 0.6) is 0 Å². The summed E-state index contributed by atoms with van der Waals surface area (Å²) in [6.07, 6.45) is 2.63. The van der Waals surface area contributed by atoms with E-state index in [-0.39, 0.29) is 0 Å². The number of rotatable bonds is 7. The van der Waals surface area contributed by atoms with Gasteiger partial charge in [0.05, 0.1) is 12.7 Å². The Morgan fingerprint density at radius 1 is 1.54 bits per heavy atom. The minimum absolute atomic E-state index is 0.469. The zero-order valence-electron chi connectivity index (χ0n) is 8.84. The van der Waals surface area contributed by atoms with Crippen molar-refractivity contribution < 1.29 is 13.6 Å². The molecule has 2 atom stereocenters. The second-order valence-corrected chi connectivity index (χ2v) is 7.14. The molecule has 1 rings (SSSR count). The van der Waals surface area contributed by atoms with Crippen molar-refractivity contribution in [2.75, 3.05) is 20.3 Å². The van der Waals surface area contributed by atoms with Crippen molar-refractivity contribution in [2.45, 2.75) is 38.5 Å². The molecule has 0 aromatic carbocycles. The molecule has 0 bridgehead atoms. The highest BCUT2D eigenvalue weighted by atomic mass is 28.4. The summed E-state index contributed by atoms with van der Waals surface area (Å²) < 4.78 is 16.4. The van der Waals surface area contributed by atoms with Crippen molar-refractivity contribution >= 4 is 8.56 Å². The number of ether oxygens (including phenoxy) is 1. The molecule has 0 aromatic heterocycles. The molecule has 0 N–H and O–H groups in total. The van der Waals surface area contributed by atoms with Crippen molar-refractivity contribution in [1.29, 1.82) is 0 Å². The van der Waals surface area contributed by atoms with Crippen molar-refractivity contribution in [3.8, 4) is 0 Å². The summed E-state index contributed by atoms with van der Waals surface area (Å²) in [6.45, 7) is 6.01. The first-order valence-corrected chi connectivity index (χ1v) is 7.53. The molecule has 0 saturated carbocycles. The molecule has 0 radical (unpaired) electrons. The monoisotopic (exact) mass is 204 g/mol. The van der Waals surface area contributed by atoms with Crippen LogP contribution in [0.4, 0.5) is 0 Å². The van der Waals surface area contributed by atoms with Crippen LogP contribution in [0.15, 0.2) is 0 Å². The molecular weight excluding hydrogens is 184 g/mol. The van der Waals surface area contributed by atoms with Gasteiger partial charge in [-0.3, -0.25) is 0 Å². The van der Waals surface area contributed by atoms with E-state index in [0.717, 1.165) is 32.1 Å². The van der Waals surface area contributed by atoms with E-state index in [1.807, 2.05) is 0 Å². The average Bonchev–Trinajstić information content (AvgIpc) is 2.89. The molecule has 1 saturated heterocycles. The Kier molecular flexibility index (Phi) is 4.38. The molecule has 3 nitrogen and oxygen atoms in total. The summed E-state index contributed by atoms with van der Waals surface area (Å²) in [4.78, 5) is 0. The fourth-order valence-corrected chi connectivity index (χ4v) is 3.25. The Balaban J connectivity index is 2.12. The number of hydrogen-bond donors (Lipinski definition) is 0. The van der Waals surface area contributed by atoms with Gasteiger partial charge < -0.3 is 13.6 Å². The predicted octanol–water partition coefficient (Wildman–Crippen LogP) is 1.92. The fourth-order valence-electron chi connectivity index (χ4n) is 1.33. The van der Waals surface area contributed by atoms with Crippen LogP contribution in [0.25, 0.3) is 0 Å². The summed E-state index contributed by atoms with van der Waals surface area (Å²) in [5.41, 5.74) is 0. The maximum absolute atomic E-state index is 5.81. The maximum Gasteiger partial charge on any atom is 0.334 e. The molecule has 1 heterocycles. The van der Waals surface area contributed by atoms with E-state index in [2.05, 4.69) is 13.5 Å². The lowest BCUT2D eigenvalue weighted by Crippen LogP contribution is -2.37. The van der Waals surface area contributed by atoms with Crippen LogP contribution in [0.1, 0.15) is 19.8 Å². The van der Waals surface area contributed by atoms with Crippen LogP contribution < -0.4 is 0 Å². The summed E-state index contributed by atoms with van der Waals surface area (Å²) in [5.74, 6) is 0.